The van der Waals surface area contributed by atoms with Crippen molar-refractivity contribution >= 4 is 0 Å². The van der Waals surface area contributed by atoms with Gasteiger partial charge in [0.05, 0.1) is 0 Å². The molecule has 2 rings (SSSR count). The van der Waals surface area contributed by atoms with Gasteiger partial charge in [0.25, 0.3) is 0 Å². The molecule has 3 heteroatoms. The fourth-order valence-electron chi connectivity index (χ4n) is 3.25. The molecular formula is C14H29N3. The van der Waals surface area contributed by atoms with Crippen LogP contribution in [0.15, 0.2) is 0 Å². The van der Waals surface area contributed by atoms with Gasteiger partial charge in [-0.1, -0.05) is 6.42 Å². The van der Waals surface area contributed by atoms with E-state index in [4.69, 9.17) is 0 Å². The summed E-state index contributed by atoms with van der Waals surface area (Å²) in [5.41, 5.74) is 0.359. The molecule has 3 nitrogen and oxygen atoms in total. The van der Waals surface area contributed by atoms with Crippen LogP contribution in [0.4, 0.5) is 0 Å². The summed E-state index contributed by atoms with van der Waals surface area (Å²) < 4.78 is 0. The van der Waals surface area contributed by atoms with E-state index >= 15 is 0 Å². The molecule has 2 aliphatic heterocycles. The Morgan fingerprint density at radius 3 is 2.59 bits per heavy atom. The van der Waals surface area contributed by atoms with Crippen LogP contribution >= 0.6 is 0 Å². The van der Waals surface area contributed by atoms with E-state index in [2.05, 4.69) is 29.1 Å². The third-order valence-electron chi connectivity index (χ3n) is 4.32. The van der Waals surface area contributed by atoms with Crippen molar-refractivity contribution in [1.82, 2.24) is 15.1 Å². The molecule has 0 aliphatic carbocycles. The summed E-state index contributed by atoms with van der Waals surface area (Å²) in [5.74, 6) is 0. The molecule has 2 heterocycles. The second-order valence-corrected chi connectivity index (χ2v) is 6.23. The standard InChI is InChI=1S/C14H29N3/c1-14(7-3-4-8-15-14)13-16(2)11-12-17-9-5-6-10-17/h15H,3-13H2,1-2H3. The van der Waals surface area contributed by atoms with Gasteiger partial charge in [0, 0.05) is 25.2 Å². The molecule has 0 spiro atoms. The number of nitrogens with zero attached hydrogens (tertiary/aromatic N) is 2. The highest BCUT2D eigenvalue weighted by Crippen LogP contribution is 2.19. The maximum absolute atomic E-state index is 3.70. The molecule has 1 unspecified atom stereocenters. The highest BCUT2D eigenvalue weighted by Gasteiger charge is 2.27. The Morgan fingerprint density at radius 1 is 1.18 bits per heavy atom. The minimum atomic E-state index is 0.359. The molecule has 0 aromatic heterocycles. The number of hydrogen-bond donors (Lipinski definition) is 1. The van der Waals surface area contributed by atoms with Crippen molar-refractivity contribution in [2.24, 2.45) is 0 Å². The lowest BCUT2D eigenvalue weighted by molar-refractivity contribution is 0.173. The Hall–Kier alpha value is -0.120. The van der Waals surface area contributed by atoms with Gasteiger partial charge in [0.1, 0.15) is 0 Å². The summed E-state index contributed by atoms with van der Waals surface area (Å²) >= 11 is 0. The van der Waals surface area contributed by atoms with Crippen LogP contribution in [-0.2, 0) is 0 Å². The average molecular weight is 239 g/mol. The summed E-state index contributed by atoms with van der Waals surface area (Å²) in [5, 5.41) is 3.70. The van der Waals surface area contributed by atoms with E-state index in [1.807, 2.05) is 0 Å². The third-order valence-corrected chi connectivity index (χ3v) is 4.32. The third kappa shape index (κ3) is 4.23. The van der Waals surface area contributed by atoms with Crippen LogP contribution in [0.5, 0.6) is 0 Å². The normalized spacial score (nSPS) is 31.2. The Balaban J connectivity index is 1.66. The molecule has 2 aliphatic rings. The summed E-state index contributed by atoms with van der Waals surface area (Å²) in [7, 11) is 2.28. The van der Waals surface area contributed by atoms with Crippen molar-refractivity contribution < 1.29 is 0 Å². The summed E-state index contributed by atoms with van der Waals surface area (Å²) in [4.78, 5) is 5.11. The maximum Gasteiger partial charge on any atom is 0.0280 e. The number of piperidine rings is 1. The minimum Gasteiger partial charge on any atom is -0.310 e. The van der Waals surface area contributed by atoms with Crippen molar-refractivity contribution in [2.75, 3.05) is 46.3 Å². The monoisotopic (exact) mass is 239 g/mol. The van der Waals surface area contributed by atoms with Gasteiger partial charge < -0.3 is 15.1 Å². The van der Waals surface area contributed by atoms with Gasteiger partial charge in [-0.05, 0) is 59.3 Å². The summed E-state index contributed by atoms with van der Waals surface area (Å²) in [6.07, 6.45) is 6.89. The van der Waals surface area contributed by atoms with Crippen LogP contribution in [-0.4, -0.2) is 61.7 Å². The fraction of sp³-hybridized carbons (Fsp3) is 1.00. The largest absolute Gasteiger partial charge is 0.310 e. The van der Waals surface area contributed by atoms with Gasteiger partial charge >= 0.3 is 0 Å². The zero-order valence-corrected chi connectivity index (χ0v) is 11.7. The Kier molecular flexibility index (Phi) is 4.83. The Morgan fingerprint density at radius 2 is 1.94 bits per heavy atom. The van der Waals surface area contributed by atoms with Gasteiger partial charge in [0.15, 0.2) is 0 Å². The van der Waals surface area contributed by atoms with Crippen LogP contribution in [0.1, 0.15) is 39.0 Å². The summed E-state index contributed by atoms with van der Waals surface area (Å²) in [6, 6.07) is 0. The molecule has 0 aromatic rings. The van der Waals surface area contributed by atoms with Crippen molar-refractivity contribution in [2.45, 2.75) is 44.6 Å². The zero-order chi connectivity index (χ0) is 12.1. The second kappa shape index (κ2) is 6.17. The van der Waals surface area contributed by atoms with Gasteiger partial charge in [-0.25, -0.2) is 0 Å². The number of nitrogens with one attached hydrogen (secondary N) is 1. The lowest BCUT2D eigenvalue weighted by atomic mass is 9.90. The van der Waals surface area contributed by atoms with Crippen LogP contribution < -0.4 is 5.32 Å². The van der Waals surface area contributed by atoms with E-state index in [0.717, 1.165) is 0 Å². The number of rotatable bonds is 5. The molecular weight excluding hydrogens is 210 g/mol. The van der Waals surface area contributed by atoms with E-state index in [1.54, 1.807) is 0 Å². The number of likely N-dealkylation sites (tertiary alicyclic amines) is 1. The summed E-state index contributed by atoms with van der Waals surface area (Å²) in [6.45, 7) is 9.91. The number of hydrogen-bond acceptors (Lipinski definition) is 3. The van der Waals surface area contributed by atoms with E-state index < -0.39 is 0 Å². The van der Waals surface area contributed by atoms with E-state index in [0.29, 0.717) is 5.54 Å². The first-order chi connectivity index (χ1) is 8.18. The fourth-order valence-corrected chi connectivity index (χ4v) is 3.25. The molecule has 0 bridgehead atoms. The van der Waals surface area contributed by atoms with Crippen LogP contribution in [0.3, 0.4) is 0 Å². The predicted octanol–water partition coefficient (Wildman–Crippen LogP) is 1.55. The lowest BCUT2D eigenvalue weighted by Crippen LogP contribution is -2.53. The van der Waals surface area contributed by atoms with Gasteiger partial charge in [-0.15, -0.1) is 0 Å². The van der Waals surface area contributed by atoms with Crippen molar-refractivity contribution in [1.29, 1.82) is 0 Å². The predicted molar refractivity (Wildman–Crippen MR) is 73.4 cm³/mol. The Labute approximate surface area is 107 Å². The highest BCUT2D eigenvalue weighted by atomic mass is 15.2. The molecule has 1 atom stereocenters. The molecule has 0 radical (unpaired) electrons. The Bertz CT molecular complexity index is 218. The van der Waals surface area contributed by atoms with Gasteiger partial charge in [-0.3, -0.25) is 0 Å². The zero-order valence-electron chi connectivity index (χ0n) is 11.7. The first kappa shape index (κ1) is 13.3. The molecule has 2 saturated heterocycles. The molecule has 100 valence electrons. The molecule has 0 amide bonds. The lowest BCUT2D eigenvalue weighted by Gasteiger charge is -2.38. The first-order valence-corrected chi connectivity index (χ1v) is 7.34. The molecule has 0 aromatic carbocycles. The van der Waals surface area contributed by atoms with Crippen LogP contribution in [0.25, 0.3) is 0 Å². The van der Waals surface area contributed by atoms with Crippen molar-refractivity contribution in [3.63, 3.8) is 0 Å². The van der Waals surface area contributed by atoms with Crippen LogP contribution in [0, 0.1) is 0 Å². The SMILES string of the molecule is CN(CCN1CCCC1)CC1(C)CCCCN1. The molecule has 2 fully saturated rings. The second-order valence-electron chi connectivity index (χ2n) is 6.23. The van der Waals surface area contributed by atoms with Gasteiger partial charge in [0.2, 0.25) is 0 Å². The van der Waals surface area contributed by atoms with Crippen LogP contribution in [0.2, 0.25) is 0 Å². The van der Waals surface area contributed by atoms with Gasteiger partial charge in [-0.2, -0.15) is 0 Å². The van der Waals surface area contributed by atoms with E-state index in [1.165, 1.54) is 71.4 Å². The highest BCUT2D eigenvalue weighted by molar-refractivity contribution is 4.89. The topological polar surface area (TPSA) is 18.5 Å². The van der Waals surface area contributed by atoms with Crippen molar-refractivity contribution in [3.8, 4) is 0 Å². The van der Waals surface area contributed by atoms with E-state index in [9.17, 15) is 0 Å². The quantitative estimate of drug-likeness (QED) is 0.785. The molecule has 1 N–H and O–H groups in total. The number of likely N-dealkylation sites (N-methyl/N-ethyl adjacent to an activating group) is 1. The van der Waals surface area contributed by atoms with E-state index in [-0.39, 0.29) is 0 Å². The minimum absolute atomic E-state index is 0.359. The maximum atomic E-state index is 3.70. The van der Waals surface area contributed by atoms with Crippen molar-refractivity contribution in [3.05, 3.63) is 0 Å². The smallest absolute Gasteiger partial charge is 0.0280 e. The molecule has 17 heavy (non-hydrogen) atoms. The molecule has 0 saturated carbocycles. The first-order valence-electron chi connectivity index (χ1n) is 7.34. The average Bonchev–Trinajstić information content (AvgIpc) is 2.79.